The van der Waals surface area contributed by atoms with E-state index < -0.39 is 17.9 Å². The maximum atomic E-state index is 12.4. The molecule has 0 unspecified atom stereocenters. The Balaban J connectivity index is 1.78. The van der Waals surface area contributed by atoms with E-state index in [1.165, 1.54) is 0 Å². The van der Waals surface area contributed by atoms with E-state index in [0.717, 1.165) is 18.4 Å². The van der Waals surface area contributed by atoms with Crippen molar-refractivity contribution in [3.05, 3.63) is 35.8 Å². The average Bonchev–Trinajstić information content (AvgIpc) is 2.96. The van der Waals surface area contributed by atoms with Crippen LogP contribution in [0.2, 0.25) is 0 Å². The molecule has 3 heterocycles. The SMILES string of the molecule is Cc1ccn2cc(C(=O)N[C@@H](C(=O)O)[C@H]3CCCOC3)nc2c1. The number of aliphatic carboxylic acids is 1. The van der Waals surface area contributed by atoms with Crippen molar-refractivity contribution in [1.82, 2.24) is 14.7 Å². The van der Waals surface area contributed by atoms with Crippen LogP contribution in [0.1, 0.15) is 28.9 Å². The number of carboxylic acid groups (broad SMARTS) is 1. The summed E-state index contributed by atoms with van der Waals surface area (Å²) >= 11 is 0. The maximum Gasteiger partial charge on any atom is 0.326 e. The molecule has 1 amide bonds. The summed E-state index contributed by atoms with van der Waals surface area (Å²) < 4.78 is 7.06. The van der Waals surface area contributed by atoms with Gasteiger partial charge in [-0.15, -0.1) is 0 Å². The van der Waals surface area contributed by atoms with E-state index in [1.54, 1.807) is 10.6 Å². The van der Waals surface area contributed by atoms with E-state index in [2.05, 4.69) is 10.3 Å². The Morgan fingerprint density at radius 2 is 2.35 bits per heavy atom. The fourth-order valence-electron chi connectivity index (χ4n) is 2.82. The minimum Gasteiger partial charge on any atom is -0.480 e. The number of nitrogens with one attached hydrogen (secondary N) is 1. The lowest BCUT2D eigenvalue weighted by molar-refractivity contribution is -0.142. The zero-order valence-electron chi connectivity index (χ0n) is 12.9. The van der Waals surface area contributed by atoms with E-state index in [1.807, 2.05) is 25.3 Å². The fraction of sp³-hybridized carbons (Fsp3) is 0.438. The Bertz CT molecular complexity index is 734. The number of hydrogen-bond acceptors (Lipinski definition) is 4. The summed E-state index contributed by atoms with van der Waals surface area (Å²) in [5.41, 5.74) is 1.90. The smallest absolute Gasteiger partial charge is 0.326 e. The predicted octanol–water partition coefficient (Wildman–Crippen LogP) is 1.25. The number of hydrogen-bond donors (Lipinski definition) is 2. The molecule has 2 N–H and O–H groups in total. The van der Waals surface area contributed by atoms with Crippen molar-refractivity contribution in [3.63, 3.8) is 0 Å². The van der Waals surface area contributed by atoms with Crippen LogP contribution < -0.4 is 5.32 Å². The van der Waals surface area contributed by atoms with Gasteiger partial charge in [0.2, 0.25) is 0 Å². The average molecular weight is 317 g/mol. The molecule has 0 spiro atoms. The second-order valence-electron chi connectivity index (χ2n) is 5.86. The molecule has 2 aromatic rings. The summed E-state index contributed by atoms with van der Waals surface area (Å²) in [6, 6.07) is 2.81. The zero-order valence-corrected chi connectivity index (χ0v) is 12.9. The van der Waals surface area contributed by atoms with Crippen LogP contribution in [0, 0.1) is 12.8 Å². The third-order valence-corrected chi connectivity index (χ3v) is 4.07. The lowest BCUT2D eigenvalue weighted by Gasteiger charge is -2.27. The number of fused-ring (bicyclic) bond motifs is 1. The van der Waals surface area contributed by atoms with Crippen molar-refractivity contribution in [2.45, 2.75) is 25.8 Å². The number of aryl methyl sites for hydroxylation is 1. The summed E-state index contributed by atoms with van der Waals surface area (Å²) in [6.45, 7) is 2.93. The zero-order chi connectivity index (χ0) is 16.4. The molecule has 0 bridgehead atoms. The molecule has 1 saturated heterocycles. The van der Waals surface area contributed by atoms with Crippen LogP contribution >= 0.6 is 0 Å². The molecule has 1 aliphatic rings. The third kappa shape index (κ3) is 3.34. The highest BCUT2D eigenvalue weighted by Crippen LogP contribution is 2.18. The van der Waals surface area contributed by atoms with Crippen molar-refractivity contribution in [2.24, 2.45) is 5.92 Å². The Morgan fingerprint density at radius 1 is 1.52 bits per heavy atom. The molecule has 122 valence electrons. The first-order valence-electron chi connectivity index (χ1n) is 7.61. The molecule has 0 aromatic carbocycles. The largest absolute Gasteiger partial charge is 0.480 e. The number of ether oxygens (including phenoxy) is 1. The number of carboxylic acids is 1. The highest BCUT2D eigenvalue weighted by atomic mass is 16.5. The first-order chi connectivity index (χ1) is 11.0. The maximum absolute atomic E-state index is 12.4. The lowest BCUT2D eigenvalue weighted by Crippen LogP contribution is -2.48. The predicted molar refractivity (Wildman–Crippen MR) is 82.4 cm³/mol. The molecule has 0 radical (unpaired) electrons. The summed E-state index contributed by atoms with van der Waals surface area (Å²) in [4.78, 5) is 28.1. The van der Waals surface area contributed by atoms with Crippen LogP contribution in [0.25, 0.3) is 5.65 Å². The topological polar surface area (TPSA) is 92.9 Å². The van der Waals surface area contributed by atoms with Crippen molar-refractivity contribution >= 4 is 17.5 Å². The fourth-order valence-corrected chi connectivity index (χ4v) is 2.82. The van der Waals surface area contributed by atoms with E-state index in [0.29, 0.717) is 18.9 Å². The molecular weight excluding hydrogens is 298 g/mol. The Labute approximate surface area is 133 Å². The molecule has 23 heavy (non-hydrogen) atoms. The molecule has 2 atom stereocenters. The monoisotopic (exact) mass is 317 g/mol. The minimum absolute atomic E-state index is 0.207. The van der Waals surface area contributed by atoms with Gasteiger partial charge in [-0.3, -0.25) is 4.79 Å². The molecule has 3 rings (SSSR count). The number of nitrogens with zero attached hydrogens (tertiary/aromatic N) is 2. The number of rotatable bonds is 4. The highest BCUT2D eigenvalue weighted by molar-refractivity contribution is 5.95. The molecule has 7 nitrogen and oxygen atoms in total. The quantitative estimate of drug-likeness (QED) is 0.885. The summed E-state index contributed by atoms with van der Waals surface area (Å²) in [5, 5.41) is 12.0. The van der Waals surface area contributed by atoms with Crippen LogP contribution in [0.15, 0.2) is 24.5 Å². The molecule has 1 fully saturated rings. The van der Waals surface area contributed by atoms with Gasteiger partial charge in [-0.2, -0.15) is 0 Å². The van der Waals surface area contributed by atoms with Crippen LogP contribution in [-0.2, 0) is 9.53 Å². The van der Waals surface area contributed by atoms with Gasteiger partial charge in [0.1, 0.15) is 17.4 Å². The first-order valence-corrected chi connectivity index (χ1v) is 7.61. The van der Waals surface area contributed by atoms with Gasteiger partial charge in [0.25, 0.3) is 5.91 Å². The number of carbonyl (C=O) groups is 2. The second kappa shape index (κ2) is 6.37. The molecule has 7 heteroatoms. The van der Waals surface area contributed by atoms with Gasteiger partial charge >= 0.3 is 5.97 Å². The Morgan fingerprint density at radius 3 is 3.04 bits per heavy atom. The van der Waals surface area contributed by atoms with Crippen LogP contribution in [-0.4, -0.2) is 45.6 Å². The minimum atomic E-state index is -1.05. The van der Waals surface area contributed by atoms with Crippen LogP contribution in [0.3, 0.4) is 0 Å². The van der Waals surface area contributed by atoms with E-state index in [-0.39, 0.29) is 11.6 Å². The summed E-state index contributed by atoms with van der Waals surface area (Å²) in [5.74, 6) is -1.75. The normalized spacial score (nSPS) is 19.4. The number of carbonyl (C=O) groups excluding carboxylic acids is 1. The van der Waals surface area contributed by atoms with Crippen molar-refractivity contribution in [3.8, 4) is 0 Å². The van der Waals surface area contributed by atoms with Gasteiger partial charge in [-0.25, -0.2) is 9.78 Å². The van der Waals surface area contributed by atoms with Crippen molar-refractivity contribution in [1.29, 1.82) is 0 Å². The number of aromatic nitrogens is 2. The van der Waals surface area contributed by atoms with Crippen molar-refractivity contribution in [2.75, 3.05) is 13.2 Å². The Kier molecular flexibility index (Phi) is 4.29. The van der Waals surface area contributed by atoms with Crippen LogP contribution in [0.5, 0.6) is 0 Å². The van der Waals surface area contributed by atoms with Crippen molar-refractivity contribution < 1.29 is 19.4 Å². The van der Waals surface area contributed by atoms with Gasteiger partial charge in [-0.1, -0.05) is 0 Å². The lowest BCUT2D eigenvalue weighted by atomic mass is 9.93. The van der Waals surface area contributed by atoms with Gasteiger partial charge in [-0.05, 0) is 37.5 Å². The molecule has 1 aliphatic heterocycles. The van der Waals surface area contributed by atoms with Gasteiger partial charge in [0, 0.05) is 24.9 Å². The Hall–Kier alpha value is -2.41. The standard InChI is InChI=1S/C16H19N3O4/c1-10-4-5-19-8-12(17-13(19)7-10)15(20)18-14(16(21)22)11-3-2-6-23-9-11/h4-5,7-8,11,14H,2-3,6,9H2,1H3,(H,18,20)(H,21,22)/t11-,14+/m0/s1. The molecular formula is C16H19N3O4. The van der Waals surface area contributed by atoms with Gasteiger partial charge < -0.3 is 19.6 Å². The summed E-state index contributed by atoms with van der Waals surface area (Å²) in [6.07, 6.45) is 4.94. The van der Waals surface area contributed by atoms with E-state index >= 15 is 0 Å². The molecule has 0 saturated carbocycles. The first kappa shape index (κ1) is 15.5. The summed E-state index contributed by atoms with van der Waals surface area (Å²) in [7, 11) is 0. The number of amides is 1. The van der Waals surface area contributed by atoms with E-state index in [4.69, 9.17) is 4.74 Å². The second-order valence-corrected chi connectivity index (χ2v) is 5.86. The van der Waals surface area contributed by atoms with E-state index in [9.17, 15) is 14.7 Å². The van der Waals surface area contributed by atoms with Crippen LogP contribution in [0.4, 0.5) is 0 Å². The number of imidazole rings is 1. The molecule has 0 aliphatic carbocycles. The molecule has 2 aromatic heterocycles. The number of pyridine rings is 1. The highest BCUT2D eigenvalue weighted by Gasteiger charge is 2.32. The van der Waals surface area contributed by atoms with Gasteiger partial charge in [0.15, 0.2) is 0 Å². The van der Waals surface area contributed by atoms with Gasteiger partial charge in [0.05, 0.1) is 6.61 Å². The third-order valence-electron chi connectivity index (χ3n) is 4.07.